The van der Waals surface area contributed by atoms with Crippen LogP contribution >= 0.6 is 0 Å². The molecule has 176 valence electrons. The van der Waals surface area contributed by atoms with Crippen LogP contribution in [0.25, 0.3) is 0 Å². The van der Waals surface area contributed by atoms with Gasteiger partial charge in [-0.25, -0.2) is 0 Å². The molecule has 0 radical (unpaired) electrons. The molecule has 3 aliphatic rings. The summed E-state index contributed by atoms with van der Waals surface area (Å²) in [5.41, 5.74) is 1.14. The van der Waals surface area contributed by atoms with Crippen LogP contribution in [0.15, 0.2) is 48.5 Å². The maximum Gasteiger partial charge on any atom is 0.258 e. The fourth-order valence-electron chi connectivity index (χ4n) is 5.29. The van der Waals surface area contributed by atoms with E-state index in [0.717, 1.165) is 32.4 Å². The van der Waals surface area contributed by atoms with Crippen LogP contribution in [0.5, 0.6) is 0 Å². The molecule has 4 amide bonds. The van der Waals surface area contributed by atoms with Gasteiger partial charge in [-0.2, -0.15) is 0 Å². The molecule has 8 nitrogen and oxygen atoms in total. The first-order chi connectivity index (χ1) is 16.4. The Morgan fingerprint density at radius 1 is 1.00 bits per heavy atom. The van der Waals surface area contributed by atoms with Crippen LogP contribution in [0, 0.1) is 0 Å². The number of anilines is 2. The minimum absolute atomic E-state index is 0.0359. The largest absolute Gasteiger partial charge is 0.339 e. The number of carbonyl (C=O) groups is 4. The van der Waals surface area contributed by atoms with E-state index in [0.29, 0.717) is 35.3 Å². The fourth-order valence-corrected chi connectivity index (χ4v) is 5.29. The maximum atomic E-state index is 13.3. The summed E-state index contributed by atoms with van der Waals surface area (Å²) < 4.78 is 0. The molecule has 1 unspecified atom stereocenters. The van der Waals surface area contributed by atoms with Gasteiger partial charge in [0.2, 0.25) is 11.8 Å². The molecule has 0 aromatic heterocycles. The summed E-state index contributed by atoms with van der Waals surface area (Å²) in [5, 5.41) is 2.83. The van der Waals surface area contributed by atoms with Gasteiger partial charge in [0, 0.05) is 30.8 Å². The molecule has 2 aromatic rings. The van der Waals surface area contributed by atoms with Gasteiger partial charge in [-0.15, -0.1) is 0 Å². The number of piperidine rings is 1. The van der Waals surface area contributed by atoms with Crippen molar-refractivity contribution in [2.75, 3.05) is 29.9 Å². The Kier molecular flexibility index (Phi) is 5.59. The number of rotatable bonds is 4. The summed E-state index contributed by atoms with van der Waals surface area (Å²) in [5.74, 6) is -0.743. The molecule has 3 heterocycles. The zero-order chi connectivity index (χ0) is 23.9. The minimum Gasteiger partial charge on any atom is -0.339 e. The van der Waals surface area contributed by atoms with Crippen LogP contribution < -0.4 is 10.2 Å². The number of amides is 4. The summed E-state index contributed by atoms with van der Waals surface area (Å²) >= 11 is 0. The molecule has 34 heavy (non-hydrogen) atoms. The Balaban J connectivity index is 1.34. The van der Waals surface area contributed by atoms with E-state index in [1.807, 2.05) is 11.8 Å². The summed E-state index contributed by atoms with van der Waals surface area (Å²) in [7, 11) is 0. The van der Waals surface area contributed by atoms with Crippen molar-refractivity contribution in [1.29, 1.82) is 0 Å². The van der Waals surface area contributed by atoms with E-state index in [1.54, 1.807) is 53.4 Å². The van der Waals surface area contributed by atoms with E-state index in [1.165, 1.54) is 4.90 Å². The lowest BCUT2D eigenvalue weighted by Gasteiger charge is -2.48. The molecule has 2 fully saturated rings. The Labute approximate surface area is 198 Å². The molecule has 3 aliphatic heterocycles. The molecule has 5 rings (SSSR count). The average molecular weight is 461 g/mol. The van der Waals surface area contributed by atoms with Crippen LogP contribution in [-0.4, -0.2) is 58.7 Å². The summed E-state index contributed by atoms with van der Waals surface area (Å²) in [6.45, 7) is 3.14. The highest BCUT2D eigenvalue weighted by Gasteiger charge is 2.53. The van der Waals surface area contributed by atoms with Crippen molar-refractivity contribution in [2.45, 2.75) is 44.7 Å². The Morgan fingerprint density at radius 3 is 2.56 bits per heavy atom. The number of nitrogens with one attached hydrogen (secondary N) is 1. The number of hydrogen-bond donors (Lipinski definition) is 1. The number of para-hydroxylation sites is 1. The van der Waals surface area contributed by atoms with Crippen molar-refractivity contribution in [3.05, 3.63) is 59.7 Å². The average Bonchev–Trinajstić information content (AvgIpc) is 3.17. The van der Waals surface area contributed by atoms with E-state index in [9.17, 15) is 19.2 Å². The van der Waals surface area contributed by atoms with E-state index in [4.69, 9.17) is 0 Å². The van der Waals surface area contributed by atoms with Gasteiger partial charge in [0.25, 0.3) is 11.8 Å². The van der Waals surface area contributed by atoms with Gasteiger partial charge >= 0.3 is 0 Å². The van der Waals surface area contributed by atoms with Crippen molar-refractivity contribution in [3.8, 4) is 0 Å². The molecule has 2 aromatic carbocycles. The lowest BCUT2D eigenvalue weighted by atomic mass is 9.98. The van der Waals surface area contributed by atoms with Gasteiger partial charge in [0.15, 0.2) is 0 Å². The van der Waals surface area contributed by atoms with Crippen molar-refractivity contribution >= 4 is 35.0 Å². The smallest absolute Gasteiger partial charge is 0.258 e. The molecule has 8 heteroatoms. The molecular weight excluding hydrogens is 432 g/mol. The van der Waals surface area contributed by atoms with E-state index < -0.39 is 5.66 Å². The maximum absolute atomic E-state index is 13.3. The second-order valence-electron chi connectivity index (χ2n) is 9.34. The first-order valence-electron chi connectivity index (χ1n) is 11.8. The number of carbonyl (C=O) groups excluding carboxylic acids is 4. The van der Waals surface area contributed by atoms with Gasteiger partial charge in [-0.1, -0.05) is 18.2 Å². The highest BCUT2D eigenvalue weighted by atomic mass is 16.2. The summed E-state index contributed by atoms with van der Waals surface area (Å²) in [6.07, 6.45) is 3.93. The lowest BCUT2D eigenvalue weighted by Crippen LogP contribution is -2.63. The molecule has 1 atom stereocenters. The number of nitrogens with zero attached hydrogens (tertiary/aromatic N) is 3. The van der Waals surface area contributed by atoms with Gasteiger partial charge in [-0.05, 0) is 62.9 Å². The zero-order valence-electron chi connectivity index (χ0n) is 19.3. The number of benzene rings is 2. The Morgan fingerprint density at radius 2 is 1.76 bits per heavy atom. The number of fused-ring (bicyclic) bond motifs is 3. The summed E-state index contributed by atoms with van der Waals surface area (Å²) in [6, 6.07) is 13.9. The van der Waals surface area contributed by atoms with Crippen LogP contribution in [0.3, 0.4) is 0 Å². The SMILES string of the molecule is CC12CCC(=O)N1c1ccccc1C(=O)N2CC(=O)Nc1cccc(C(=O)N2CCCCC2)c1. The number of likely N-dealkylation sites (tertiary alicyclic amines) is 1. The van der Waals surface area contributed by atoms with Crippen molar-refractivity contribution in [2.24, 2.45) is 0 Å². The van der Waals surface area contributed by atoms with Gasteiger partial charge in [-0.3, -0.25) is 24.1 Å². The second-order valence-corrected chi connectivity index (χ2v) is 9.34. The van der Waals surface area contributed by atoms with Gasteiger partial charge < -0.3 is 15.1 Å². The summed E-state index contributed by atoms with van der Waals surface area (Å²) in [4.78, 5) is 56.9. The van der Waals surface area contributed by atoms with Gasteiger partial charge in [0.05, 0.1) is 11.3 Å². The Hall–Kier alpha value is -3.68. The lowest BCUT2D eigenvalue weighted by molar-refractivity contribution is -0.120. The molecular formula is C26H28N4O4. The van der Waals surface area contributed by atoms with Crippen LogP contribution in [0.1, 0.15) is 59.7 Å². The predicted octanol–water partition coefficient (Wildman–Crippen LogP) is 3.25. The molecule has 2 saturated heterocycles. The third-order valence-electron chi connectivity index (χ3n) is 7.08. The topological polar surface area (TPSA) is 90.0 Å². The van der Waals surface area contributed by atoms with Crippen LogP contribution in [0.2, 0.25) is 0 Å². The van der Waals surface area contributed by atoms with Crippen molar-refractivity contribution < 1.29 is 19.2 Å². The Bertz CT molecular complexity index is 1170. The molecule has 0 aliphatic carbocycles. The monoisotopic (exact) mass is 460 g/mol. The second kappa shape index (κ2) is 8.59. The van der Waals surface area contributed by atoms with E-state index in [2.05, 4.69) is 5.32 Å². The molecule has 1 N–H and O–H groups in total. The van der Waals surface area contributed by atoms with Crippen LogP contribution in [-0.2, 0) is 9.59 Å². The molecule has 0 bridgehead atoms. The molecule has 0 saturated carbocycles. The van der Waals surface area contributed by atoms with Gasteiger partial charge in [0.1, 0.15) is 12.2 Å². The highest BCUT2D eigenvalue weighted by molar-refractivity contribution is 6.11. The van der Waals surface area contributed by atoms with Crippen molar-refractivity contribution in [1.82, 2.24) is 9.80 Å². The predicted molar refractivity (Wildman–Crippen MR) is 127 cm³/mol. The third-order valence-corrected chi connectivity index (χ3v) is 7.08. The number of hydrogen-bond acceptors (Lipinski definition) is 4. The highest BCUT2D eigenvalue weighted by Crippen LogP contribution is 2.43. The first-order valence-corrected chi connectivity index (χ1v) is 11.8. The zero-order valence-corrected chi connectivity index (χ0v) is 19.3. The van der Waals surface area contributed by atoms with Crippen molar-refractivity contribution in [3.63, 3.8) is 0 Å². The fraction of sp³-hybridized carbons (Fsp3) is 0.385. The standard InChI is InChI=1S/C26H28N4O4/c1-26-13-12-23(32)30(26)21-11-4-3-10-20(21)25(34)29(26)17-22(31)27-19-9-7-8-18(16-19)24(33)28-14-5-2-6-15-28/h3-4,7-11,16H,2,5-6,12-15,17H2,1H3,(H,27,31). The van der Waals surface area contributed by atoms with E-state index >= 15 is 0 Å². The quantitative estimate of drug-likeness (QED) is 0.759. The molecule has 0 spiro atoms. The minimum atomic E-state index is -0.897. The third kappa shape index (κ3) is 3.73. The van der Waals surface area contributed by atoms with Crippen LogP contribution in [0.4, 0.5) is 11.4 Å². The van der Waals surface area contributed by atoms with E-state index in [-0.39, 0.29) is 30.2 Å². The normalized spacial score (nSPS) is 21.9. The first kappa shape index (κ1) is 22.1.